The SMILES string of the molecule is Cc1cccc(N2C(=O)S[C@H](CC(=O)O)C2=O)c1C. The molecular weight excluding hydrogens is 266 g/mol. The minimum absolute atomic E-state index is 0.337. The van der Waals surface area contributed by atoms with E-state index >= 15 is 0 Å². The monoisotopic (exact) mass is 279 g/mol. The molecule has 1 aliphatic rings. The molecule has 0 bridgehead atoms. The average molecular weight is 279 g/mol. The maximum absolute atomic E-state index is 12.1. The van der Waals surface area contributed by atoms with Gasteiger partial charge in [-0.15, -0.1) is 0 Å². The van der Waals surface area contributed by atoms with Crippen molar-refractivity contribution in [3.63, 3.8) is 0 Å². The zero-order valence-corrected chi connectivity index (χ0v) is 11.4. The van der Waals surface area contributed by atoms with Crippen LogP contribution in [-0.2, 0) is 9.59 Å². The van der Waals surface area contributed by atoms with Gasteiger partial charge in [0.1, 0.15) is 5.25 Å². The summed E-state index contributed by atoms with van der Waals surface area (Å²) in [5.41, 5.74) is 2.36. The number of imide groups is 1. The summed E-state index contributed by atoms with van der Waals surface area (Å²) in [5.74, 6) is -1.53. The molecule has 0 radical (unpaired) electrons. The zero-order valence-electron chi connectivity index (χ0n) is 10.5. The number of aliphatic carboxylic acids is 1. The van der Waals surface area contributed by atoms with E-state index in [1.807, 2.05) is 19.9 Å². The lowest BCUT2D eigenvalue weighted by Gasteiger charge is -2.17. The number of thioether (sulfide) groups is 1. The quantitative estimate of drug-likeness (QED) is 0.919. The van der Waals surface area contributed by atoms with Crippen LogP contribution in [0.25, 0.3) is 0 Å². The number of carboxylic acids is 1. The fraction of sp³-hybridized carbons (Fsp3) is 0.308. The van der Waals surface area contributed by atoms with E-state index in [2.05, 4.69) is 0 Å². The molecule has 0 saturated carbocycles. The molecule has 0 unspecified atom stereocenters. The lowest BCUT2D eigenvalue weighted by atomic mass is 10.1. The molecular formula is C13H13NO4S. The summed E-state index contributed by atoms with van der Waals surface area (Å²) in [6.07, 6.45) is -0.337. The fourth-order valence-electron chi connectivity index (χ4n) is 1.94. The molecule has 1 aromatic carbocycles. The summed E-state index contributed by atoms with van der Waals surface area (Å²) in [4.78, 5) is 35.8. The molecule has 1 N–H and O–H groups in total. The van der Waals surface area contributed by atoms with Crippen LogP contribution in [0.4, 0.5) is 10.5 Å². The van der Waals surface area contributed by atoms with Crippen molar-refractivity contribution in [2.45, 2.75) is 25.5 Å². The van der Waals surface area contributed by atoms with Gasteiger partial charge >= 0.3 is 5.97 Å². The molecule has 1 fully saturated rings. The van der Waals surface area contributed by atoms with Crippen LogP contribution in [0.5, 0.6) is 0 Å². The molecule has 1 saturated heterocycles. The Morgan fingerprint density at radius 2 is 2.05 bits per heavy atom. The summed E-state index contributed by atoms with van der Waals surface area (Å²) >= 11 is 0.776. The van der Waals surface area contributed by atoms with Crippen LogP contribution in [0.2, 0.25) is 0 Å². The molecule has 0 aliphatic carbocycles. The number of carbonyl (C=O) groups excluding carboxylic acids is 2. The smallest absolute Gasteiger partial charge is 0.305 e. The summed E-state index contributed by atoms with van der Waals surface area (Å²) in [7, 11) is 0. The van der Waals surface area contributed by atoms with E-state index in [0.29, 0.717) is 5.69 Å². The summed E-state index contributed by atoms with van der Waals surface area (Å²) in [5, 5.41) is 7.50. The number of nitrogens with zero attached hydrogens (tertiary/aromatic N) is 1. The minimum atomic E-state index is -1.08. The highest BCUT2D eigenvalue weighted by Crippen LogP contribution is 2.35. The Bertz CT molecular complexity index is 570. The molecule has 2 rings (SSSR count). The third-order valence-corrected chi connectivity index (χ3v) is 4.14. The zero-order chi connectivity index (χ0) is 14.2. The molecule has 5 nitrogen and oxygen atoms in total. The van der Waals surface area contributed by atoms with Crippen molar-refractivity contribution in [2.24, 2.45) is 0 Å². The van der Waals surface area contributed by atoms with Crippen LogP contribution in [0.15, 0.2) is 18.2 Å². The molecule has 0 spiro atoms. The van der Waals surface area contributed by atoms with Gasteiger partial charge in [0, 0.05) is 0 Å². The maximum atomic E-state index is 12.1. The Hall–Kier alpha value is -1.82. The first kappa shape index (κ1) is 13.6. The molecule has 2 amide bonds. The van der Waals surface area contributed by atoms with Gasteiger partial charge in [-0.05, 0) is 42.8 Å². The Labute approximate surface area is 114 Å². The van der Waals surface area contributed by atoms with Crippen LogP contribution in [0.1, 0.15) is 17.5 Å². The van der Waals surface area contributed by atoms with Crippen molar-refractivity contribution < 1.29 is 19.5 Å². The number of carboxylic acid groups (broad SMARTS) is 1. The number of amides is 2. The molecule has 1 aliphatic heterocycles. The molecule has 100 valence electrons. The first-order chi connectivity index (χ1) is 8.91. The second-order valence-corrected chi connectivity index (χ2v) is 5.52. The van der Waals surface area contributed by atoms with Crippen LogP contribution in [-0.4, -0.2) is 27.5 Å². The van der Waals surface area contributed by atoms with E-state index in [0.717, 1.165) is 27.8 Å². The highest BCUT2D eigenvalue weighted by Gasteiger charge is 2.42. The highest BCUT2D eigenvalue weighted by atomic mass is 32.2. The van der Waals surface area contributed by atoms with E-state index in [4.69, 9.17) is 5.11 Å². The van der Waals surface area contributed by atoms with Gasteiger partial charge in [-0.1, -0.05) is 12.1 Å². The molecule has 1 atom stereocenters. The van der Waals surface area contributed by atoms with Gasteiger partial charge < -0.3 is 5.11 Å². The summed E-state index contributed by atoms with van der Waals surface area (Å²) in [6, 6.07) is 5.36. The van der Waals surface area contributed by atoms with Crippen LogP contribution >= 0.6 is 11.8 Å². The first-order valence-electron chi connectivity index (χ1n) is 5.74. The molecule has 6 heteroatoms. The minimum Gasteiger partial charge on any atom is -0.481 e. The average Bonchev–Trinajstić information content (AvgIpc) is 2.58. The van der Waals surface area contributed by atoms with Crippen molar-refractivity contribution in [1.29, 1.82) is 0 Å². The van der Waals surface area contributed by atoms with Gasteiger partial charge in [-0.2, -0.15) is 0 Å². The van der Waals surface area contributed by atoms with E-state index in [1.54, 1.807) is 12.1 Å². The number of aryl methyl sites for hydroxylation is 1. The Morgan fingerprint density at radius 3 is 2.68 bits per heavy atom. The van der Waals surface area contributed by atoms with Crippen LogP contribution < -0.4 is 4.90 Å². The fourth-order valence-corrected chi connectivity index (χ4v) is 2.91. The number of hydrogen-bond acceptors (Lipinski definition) is 4. The molecule has 0 aromatic heterocycles. The topological polar surface area (TPSA) is 74.7 Å². The summed E-state index contributed by atoms with van der Waals surface area (Å²) < 4.78 is 0. The third kappa shape index (κ3) is 2.49. The predicted octanol–water partition coefficient (Wildman–Crippen LogP) is 2.35. The maximum Gasteiger partial charge on any atom is 0.305 e. The number of anilines is 1. The van der Waals surface area contributed by atoms with Gasteiger partial charge in [-0.25, -0.2) is 4.90 Å². The largest absolute Gasteiger partial charge is 0.481 e. The van der Waals surface area contributed by atoms with Crippen LogP contribution in [0.3, 0.4) is 0 Å². The second kappa shape index (κ2) is 5.05. The van der Waals surface area contributed by atoms with Gasteiger partial charge in [-0.3, -0.25) is 14.4 Å². The first-order valence-corrected chi connectivity index (χ1v) is 6.62. The highest BCUT2D eigenvalue weighted by molar-refractivity contribution is 8.15. The Kier molecular flexibility index (Phi) is 3.61. The Morgan fingerprint density at radius 1 is 1.37 bits per heavy atom. The second-order valence-electron chi connectivity index (χ2n) is 4.36. The number of hydrogen-bond donors (Lipinski definition) is 1. The van der Waals surface area contributed by atoms with Crippen molar-refractivity contribution >= 4 is 34.6 Å². The normalized spacial score (nSPS) is 19.1. The van der Waals surface area contributed by atoms with E-state index < -0.39 is 22.4 Å². The summed E-state index contributed by atoms with van der Waals surface area (Å²) in [6.45, 7) is 3.73. The van der Waals surface area contributed by atoms with Crippen molar-refractivity contribution in [2.75, 3.05) is 4.90 Å². The van der Waals surface area contributed by atoms with Gasteiger partial charge in [0.15, 0.2) is 0 Å². The van der Waals surface area contributed by atoms with Crippen molar-refractivity contribution in [1.82, 2.24) is 0 Å². The van der Waals surface area contributed by atoms with Gasteiger partial charge in [0.25, 0.3) is 5.24 Å². The van der Waals surface area contributed by atoms with Crippen LogP contribution in [0, 0.1) is 13.8 Å². The lowest BCUT2D eigenvalue weighted by molar-refractivity contribution is -0.138. The van der Waals surface area contributed by atoms with Crippen molar-refractivity contribution in [3.8, 4) is 0 Å². The van der Waals surface area contributed by atoms with Gasteiger partial charge in [0.05, 0.1) is 12.1 Å². The number of carbonyl (C=O) groups is 3. The predicted molar refractivity (Wildman–Crippen MR) is 72.4 cm³/mol. The van der Waals surface area contributed by atoms with E-state index in [9.17, 15) is 14.4 Å². The third-order valence-electron chi connectivity index (χ3n) is 3.10. The standard InChI is InChI=1S/C13H13NO4S/c1-7-4-3-5-9(8(7)2)14-12(17)10(6-11(15)16)19-13(14)18/h3-5,10H,6H2,1-2H3,(H,15,16)/t10-/m1/s1. The lowest BCUT2D eigenvalue weighted by Crippen LogP contribution is -2.32. The van der Waals surface area contributed by atoms with E-state index in [-0.39, 0.29) is 6.42 Å². The Balaban J connectivity index is 2.35. The molecule has 1 aromatic rings. The number of benzene rings is 1. The number of rotatable bonds is 3. The molecule has 1 heterocycles. The van der Waals surface area contributed by atoms with Gasteiger partial charge in [0.2, 0.25) is 5.91 Å². The van der Waals surface area contributed by atoms with E-state index in [1.165, 1.54) is 0 Å². The van der Waals surface area contributed by atoms with Crippen molar-refractivity contribution in [3.05, 3.63) is 29.3 Å². The molecule has 19 heavy (non-hydrogen) atoms.